The maximum Gasteiger partial charge on any atom is 0.275 e. The molecule has 0 aliphatic rings. The highest BCUT2D eigenvalue weighted by molar-refractivity contribution is 5.92. The Bertz CT molecular complexity index is 1370. The first-order chi connectivity index (χ1) is 15.4. The van der Waals surface area contributed by atoms with E-state index in [2.05, 4.69) is 15.4 Å². The molecule has 9 nitrogen and oxygen atoms in total. The van der Waals surface area contributed by atoms with Crippen molar-refractivity contribution in [3.63, 3.8) is 0 Å². The molecule has 2 heterocycles. The number of aromatic nitrogens is 4. The van der Waals surface area contributed by atoms with E-state index in [0.29, 0.717) is 34.5 Å². The molecule has 0 spiro atoms. The molecule has 0 saturated carbocycles. The van der Waals surface area contributed by atoms with E-state index in [1.807, 2.05) is 31.2 Å². The van der Waals surface area contributed by atoms with Gasteiger partial charge < -0.3 is 19.4 Å². The molecule has 0 unspecified atom stereocenters. The molecule has 2 aromatic heterocycles. The first-order valence-corrected chi connectivity index (χ1v) is 9.96. The van der Waals surface area contributed by atoms with Crippen molar-refractivity contribution in [1.82, 2.24) is 19.2 Å². The number of carbonyl (C=O) groups is 1. The number of methoxy groups -OCH3 is 2. The fraction of sp³-hybridized carbons (Fsp3) is 0.217. The van der Waals surface area contributed by atoms with Crippen LogP contribution in [-0.4, -0.2) is 39.3 Å². The van der Waals surface area contributed by atoms with Gasteiger partial charge in [0.2, 0.25) is 11.7 Å². The summed E-state index contributed by atoms with van der Waals surface area (Å²) in [5, 5.41) is 7.23. The predicted molar refractivity (Wildman–Crippen MR) is 120 cm³/mol. The Morgan fingerprint density at radius 2 is 1.84 bits per heavy atom. The van der Waals surface area contributed by atoms with Gasteiger partial charge in [-0.3, -0.25) is 9.59 Å². The number of benzene rings is 2. The topological polar surface area (TPSA) is 99.8 Å². The van der Waals surface area contributed by atoms with Crippen LogP contribution in [0.4, 0.5) is 5.69 Å². The number of nitrogens with zero attached hydrogens (tertiary/aromatic N) is 4. The van der Waals surface area contributed by atoms with E-state index in [4.69, 9.17) is 9.47 Å². The summed E-state index contributed by atoms with van der Waals surface area (Å²) in [6.45, 7) is 3.65. The number of rotatable bonds is 6. The van der Waals surface area contributed by atoms with Gasteiger partial charge in [-0.15, -0.1) is 5.10 Å². The minimum atomic E-state index is -0.307. The van der Waals surface area contributed by atoms with Crippen LogP contribution in [0.5, 0.6) is 11.5 Å². The van der Waals surface area contributed by atoms with E-state index in [-0.39, 0.29) is 18.0 Å². The molecular formula is C23H23N5O4. The van der Waals surface area contributed by atoms with Crippen LogP contribution in [0.1, 0.15) is 11.3 Å². The number of amides is 1. The van der Waals surface area contributed by atoms with Crippen LogP contribution in [0.25, 0.3) is 17.2 Å². The van der Waals surface area contributed by atoms with Gasteiger partial charge in [-0.05, 0) is 31.5 Å². The fourth-order valence-corrected chi connectivity index (χ4v) is 3.47. The summed E-state index contributed by atoms with van der Waals surface area (Å²) in [7, 11) is 3.07. The minimum Gasteiger partial charge on any atom is -0.497 e. The predicted octanol–water partition coefficient (Wildman–Crippen LogP) is 2.83. The molecule has 32 heavy (non-hydrogen) atoms. The van der Waals surface area contributed by atoms with E-state index in [1.54, 1.807) is 36.8 Å². The van der Waals surface area contributed by atoms with E-state index >= 15 is 0 Å². The summed E-state index contributed by atoms with van der Waals surface area (Å²) < 4.78 is 13.4. The number of aryl methyl sites for hydroxylation is 2. The van der Waals surface area contributed by atoms with Crippen molar-refractivity contribution in [1.29, 1.82) is 0 Å². The van der Waals surface area contributed by atoms with Gasteiger partial charge in [0.25, 0.3) is 5.56 Å². The molecule has 0 aliphatic heterocycles. The molecule has 164 valence electrons. The molecular weight excluding hydrogens is 410 g/mol. The molecule has 0 fully saturated rings. The van der Waals surface area contributed by atoms with Crippen LogP contribution in [0, 0.1) is 13.8 Å². The van der Waals surface area contributed by atoms with E-state index in [9.17, 15) is 9.59 Å². The fourth-order valence-electron chi connectivity index (χ4n) is 3.47. The summed E-state index contributed by atoms with van der Waals surface area (Å²) in [4.78, 5) is 30.0. The summed E-state index contributed by atoms with van der Waals surface area (Å²) in [6.07, 6.45) is 0. The van der Waals surface area contributed by atoms with Crippen molar-refractivity contribution in [2.75, 3.05) is 19.5 Å². The molecule has 9 heteroatoms. The SMILES string of the molecule is COc1ccc(NC(=O)Cn2c(C)cc(=O)n3nc(-c4ccccc4C)nc23)c(OC)c1. The molecule has 0 atom stereocenters. The number of hydrogen-bond acceptors (Lipinski definition) is 6. The Labute approximate surface area is 184 Å². The van der Waals surface area contributed by atoms with Gasteiger partial charge in [0, 0.05) is 23.4 Å². The largest absolute Gasteiger partial charge is 0.497 e. The first kappa shape index (κ1) is 21.1. The molecule has 2 aromatic carbocycles. The summed E-state index contributed by atoms with van der Waals surface area (Å²) >= 11 is 0. The Balaban J connectivity index is 1.69. The molecule has 0 aliphatic carbocycles. The van der Waals surface area contributed by atoms with Crippen molar-refractivity contribution in [3.05, 3.63) is 70.1 Å². The number of carbonyl (C=O) groups excluding carboxylic acids is 1. The molecule has 4 aromatic rings. The highest BCUT2D eigenvalue weighted by atomic mass is 16.5. The lowest BCUT2D eigenvalue weighted by Crippen LogP contribution is -2.25. The van der Waals surface area contributed by atoms with Crippen LogP contribution in [0.3, 0.4) is 0 Å². The zero-order chi connectivity index (χ0) is 22.8. The Kier molecular flexibility index (Phi) is 5.63. The maximum absolute atomic E-state index is 12.9. The van der Waals surface area contributed by atoms with Crippen molar-refractivity contribution >= 4 is 17.4 Å². The quantitative estimate of drug-likeness (QED) is 0.502. The standard InChI is InChI=1S/C23H23N5O4/c1-14-7-5-6-8-17(14)22-25-23-27(15(2)11-21(30)28(23)26-22)13-20(29)24-18-10-9-16(31-3)12-19(18)32-4/h5-12H,13H2,1-4H3,(H,24,29). The normalized spacial score (nSPS) is 10.9. The van der Waals surface area contributed by atoms with Gasteiger partial charge in [0.15, 0.2) is 5.82 Å². The summed E-state index contributed by atoms with van der Waals surface area (Å²) in [6, 6.07) is 14.2. The van der Waals surface area contributed by atoms with Crippen molar-refractivity contribution < 1.29 is 14.3 Å². The van der Waals surface area contributed by atoms with Crippen molar-refractivity contribution in [2.24, 2.45) is 0 Å². The Morgan fingerprint density at radius 1 is 1.06 bits per heavy atom. The van der Waals surface area contributed by atoms with Crippen LogP contribution >= 0.6 is 0 Å². The maximum atomic E-state index is 12.9. The second kappa shape index (κ2) is 8.54. The highest BCUT2D eigenvalue weighted by Crippen LogP contribution is 2.29. The lowest BCUT2D eigenvalue weighted by Gasteiger charge is -2.14. The van der Waals surface area contributed by atoms with E-state index < -0.39 is 0 Å². The third-order valence-electron chi connectivity index (χ3n) is 5.17. The monoisotopic (exact) mass is 433 g/mol. The van der Waals surface area contributed by atoms with Gasteiger partial charge >= 0.3 is 0 Å². The third kappa shape index (κ3) is 3.92. The number of fused-ring (bicyclic) bond motifs is 1. The number of anilines is 1. The number of hydrogen-bond donors (Lipinski definition) is 1. The Hall–Kier alpha value is -4.14. The molecule has 0 saturated heterocycles. The van der Waals surface area contributed by atoms with E-state index in [0.717, 1.165) is 11.1 Å². The Morgan fingerprint density at radius 3 is 2.56 bits per heavy atom. The van der Waals surface area contributed by atoms with Crippen molar-refractivity contribution in [3.8, 4) is 22.9 Å². The molecule has 4 rings (SSSR count). The average molecular weight is 433 g/mol. The number of ether oxygens (including phenoxy) is 2. The van der Waals surface area contributed by atoms with Crippen LogP contribution in [0.2, 0.25) is 0 Å². The molecule has 0 radical (unpaired) electrons. The summed E-state index contributed by atoms with van der Waals surface area (Å²) in [5.41, 5.74) is 2.62. The highest BCUT2D eigenvalue weighted by Gasteiger charge is 2.17. The zero-order valence-electron chi connectivity index (χ0n) is 18.2. The van der Waals surface area contributed by atoms with Gasteiger partial charge in [0.05, 0.1) is 19.9 Å². The van der Waals surface area contributed by atoms with Crippen molar-refractivity contribution in [2.45, 2.75) is 20.4 Å². The second-order valence-electron chi connectivity index (χ2n) is 7.29. The van der Waals surface area contributed by atoms with Crippen LogP contribution in [-0.2, 0) is 11.3 Å². The van der Waals surface area contributed by atoms with Crippen LogP contribution in [0.15, 0.2) is 53.3 Å². The van der Waals surface area contributed by atoms with Gasteiger partial charge in [-0.2, -0.15) is 9.50 Å². The first-order valence-electron chi connectivity index (χ1n) is 9.96. The molecule has 1 amide bonds. The minimum absolute atomic E-state index is 0.0588. The lowest BCUT2D eigenvalue weighted by atomic mass is 10.1. The third-order valence-corrected chi connectivity index (χ3v) is 5.17. The summed E-state index contributed by atoms with van der Waals surface area (Å²) in [5.74, 6) is 1.51. The average Bonchev–Trinajstić information content (AvgIpc) is 3.23. The number of nitrogens with one attached hydrogen (secondary N) is 1. The lowest BCUT2D eigenvalue weighted by molar-refractivity contribution is -0.116. The zero-order valence-corrected chi connectivity index (χ0v) is 18.2. The van der Waals surface area contributed by atoms with Gasteiger partial charge in [-0.1, -0.05) is 24.3 Å². The van der Waals surface area contributed by atoms with Gasteiger partial charge in [-0.25, -0.2) is 0 Å². The molecule has 1 N–H and O–H groups in total. The molecule has 0 bridgehead atoms. The van der Waals surface area contributed by atoms with Crippen LogP contribution < -0.4 is 20.3 Å². The van der Waals surface area contributed by atoms with Gasteiger partial charge in [0.1, 0.15) is 18.0 Å². The smallest absolute Gasteiger partial charge is 0.275 e. The second-order valence-corrected chi connectivity index (χ2v) is 7.29. The van der Waals surface area contributed by atoms with E-state index in [1.165, 1.54) is 17.7 Å².